The van der Waals surface area contributed by atoms with Crippen molar-refractivity contribution in [3.63, 3.8) is 0 Å². The number of rotatable bonds is 7. The maximum absolute atomic E-state index is 14.1. The molecule has 2 aromatic carbocycles. The second-order valence-corrected chi connectivity index (χ2v) is 12.7. The fourth-order valence-corrected chi connectivity index (χ4v) is 8.12. The molecule has 1 aliphatic rings. The fraction of sp³-hybridized carbons (Fsp3) is 0.267. The number of hydrogen-bond donors (Lipinski definition) is 0. The van der Waals surface area contributed by atoms with Gasteiger partial charge in [0.05, 0.1) is 16.8 Å². The van der Waals surface area contributed by atoms with Gasteiger partial charge in [-0.15, -0.1) is 22.7 Å². The lowest BCUT2D eigenvalue weighted by atomic mass is 9.97. The zero-order valence-corrected chi connectivity index (χ0v) is 24.2. The van der Waals surface area contributed by atoms with Crippen LogP contribution >= 0.6 is 34.4 Å². The summed E-state index contributed by atoms with van der Waals surface area (Å²) in [5.74, 6) is 0.129. The molecule has 3 heterocycles. The number of carbonyl (C=O) groups is 1. The second-order valence-electron chi connectivity index (χ2n) is 9.79. The first-order valence-corrected chi connectivity index (χ1v) is 15.8. The first kappa shape index (κ1) is 26.0. The summed E-state index contributed by atoms with van der Waals surface area (Å²) in [6.45, 7) is 4.01. The van der Waals surface area contributed by atoms with E-state index in [1.165, 1.54) is 28.0 Å². The molecule has 0 saturated carbocycles. The zero-order valence-electron chi connectivity index (χ0n) is 21.8. The lowest BCUT2D eigenvalue weighted by Crippen LogP contribution is -2.38. The number of fused-ring (bicyclic) bond motifs is 3. The van der Waals surface area contributed by atoms with Crippen LogP contribution in [0.4, 0.5) is 5.69 Å². The van der Waals surface area contributed by atoms with Gasteiger partial charge in [0.15, 0.2) is 10.3 Å². The van der Waals surface area contributed by atoms with Crippen LogP contribution in [-0.2, 0) is 17.6 Å². The van der Waals surface area contributed by atoms with Crippen LogP contribution in [0, 0.1) is 0 Å². The number of hydrogen-bond acceptors (Lipinski definition) is 7. The van der Waals surface area contributed by atoms with Gasteiger partial charge in [0.1, 0.15) is 4.83 Å². The molecule has 0 unspecified atom stereocenters. The summed E-state index contributed by atoms with van der Waals surface area (Å²) in [4.78, 5) is 41.3. The number of thiazole rings is 1. The molecule has 3 aromatic heterocycles. The third-order valence-electron chi connectivity index (χ3n) is 6.86. The molecule has 0 radical (unpaired) electrons. The third-order valence-corrected chi connectivity index (χ3v) is 9.79. The Balaban J connectivity index is 1.41. The van der Waals surface area contributed by atoms with Crippen LogP contribution in [0.25, 0.3) is 26.6 Å². The molecule has 0 spiro atoms. The molecule has 0 bridgehead atoms. The molecular formula is C30H28N4O2S3. The highest BCUT2D eigenvalue weighted by Crippen LogP contribution is 2.36. The van der Waals surface area contributed by atoms with Crippen molar-refractivity contribution in [1.82, 2.24) is 14.5 Å². The number of amides is 1. The molecule has 39 heavy (non-hydrogen) atoms. The summed E-state index contributed by atoms with van der Waals surface area (Å²) in [6, 6.07) is 19.6. The molecule has 0 atom stereocenters. The van der Waals surface area contributed by atoms with Gasteiger partial charge in [-0.2, -0.15) is 0 Å². The third kappa shape index (κ3) is 5.06. The number of thiophene rings is 1. The summed E-state index contributed by atoms with van der Waals surface area (Å²) < 4.78 is 1.63. The van der Waals surface area contributed by atoms with Gasteiger partial charge >= 0.3 is 0 Å². The Bertz CT molecular complexity index is 1690. The van der Waals surface area contributed by atoms with Crippen LogP contribution in [0.2, 0.25) is 0 Å². The number of aryl methyl sites for hydroxylation is 2. The monoisotopic (exact) mass is 572 g/mol. The molecule has 1 amide bonds. The summed E-state index contributed by atoms with van der Waals surface area (Å²) in [5, 5.41) is 3.77. The van der Waals surface area contributed by atoms with Crippen LogP contribution in [0.3, 0.4) is 0 Å². The van der Waals surface area contributed by atoms with Crippen molar-refractivity contribution in [2.24, 2.45) is 0 Å². The Labute approximate surface area is 239 Å². The van der Waals surface area contributed by atoms with Crippen molar-refractivity contribution in [3.8, 4) is 16.4 Å². The Morgan fingerprint density at radius 1 is 1.03 bits per heavy atom. The number of thioether (sulfide) groups is 1. The van der Waals surface area contributed by atoms with Crippen LogP contribution in [0.1, 0.15) is 37.1 Å². The number of nitrogens with zero attached hydrogens (tertiary/aromatic N) is 4. The van der Waals surface area contributed by atoms with Crippen LogP contribution in [0.5, 0.6) is 0 Å². The van der Waals surface area contributed by atoms with E-state index in [1.54, 1.807) is 20.8 Å². The zero-order chi connectivity index (χ0) is 26.9. The standard InChI is InChI=1S/C30H28N4O2S3/c1-19(2)33(21-13-7-4-8-14-21)25(35)18-38-30-32-27-26(22-15-9-10-16-24(22)39-27)28(36)34(30)29-31-23(17-37-29)20-11-5-3-6-12-20/h3-8,11-14,17,19H,9-10,15-16,18H2,1-2H3. The summed E-state index contributed by atoms with van der Waals surface area (Å²) >= 11 is 4.35. The van der Waals surface area contributed by atoms with E-state index in [9.17, 15) is 9.59 Å². The molecule has 198 valence electrons. The van der Waals surface area contributed by atoms with E-state index >= 15 is 0 Å². The highest BCUT2D eigenvalue weighted by molar-refractivity contribution is 7.99. The van der Waals surface area contributed by atoms with E-state index in [2.05, 4.69) is 0 Å². The van der Waals surface area contributed by atoms with E-state index in [1.807, 2.05) is 79.9 Å². The minimum atomic E-state index is -0.0907. The minimum absolute atomic E-state index is 0.00505. The lowest BCUT2D eigenvalue weighted by molar-refractivity contribution is -0.116. The van der Waals surface area contributed by atoms with Crippen molar-refractivity contribution in [3.05, 3.63) is 86.8 Å². The van der Waals surface area contributed by atoms with Gasteiger partial charge in [0.2, 0.25) is 5.91 Å². The van der Waals surface area contributed by atoms with E-state index < -0.39 is 0 Å². The molecule has 0 fully saturated rings. The summed E-state index contributed by atoms with van der Waals surface area (Å²) in [7, 11) is 0. The van der Waals surface area contributed by atoms with Crippen molar-refractivity contribution in [2.75, 3.05) is 10.7 Å². The van der Waals surface area contributed by atoms with Gasteiger partial charge in [0.25, 0.3) is 5.56 Å². The number of anilines is 1. The van der Waals surface area contributed by atoms with Crippen molar-refractivity contribution < 1.29 is 4.79 Å². The largest absolute Gasteiger partial charge is 0.309 e. The van der Waals surface area contributed by atoms with Gasteiger partial charge in [-0.05, 0) is 57.2 Å². The first-order chi connectivity index (χ1) is 19.0. The Hall–Kier alpha value is -3.27. The number of para-hydroxylation sites is 1. The minimum Gasteiger partial charge on any atom is -0.309 e. The Morgan fingerprint density at radius 2 is 1.74 bits per heavy atom. The molecule has 0 saturated heterocycles. The van der Waals surface area contributed by atoms with Crippen molar-refractivity contribution >= 4 is 56.2 Å². The number of aromatic nitrogens is 3. The average Bonchev–Trinajstić information content (AvgIpc) is 3.58. The van der Waals surface area contributed by atoms with Gasteiger partial charge < -0.3 is 4.90 Å². The van der Waals surface area contributed by atoms with Gasteiger partial charge in [-0.1, -0.05) is 60.3 Å². The maximum atomic E-state index is 14.1. The van der Waals surface area contributed by atoms with Crippen LogP contribution < -0.4 is 10.5 Å². The van der Waals surface area contributed by atoms with Crippen LogP contribution in [0.15, 0.2) is 76.0 Å². The van der Waals surface area contributed by atoms with E-state index in [4.69, 9.17) is 9.97 Å². The maximum Gasteiger partial charge on any atom is 0.269 e. The topological polar surface area (TPSA) is 68.1 Å². The summed E-state index contributed by atoms with van der Waals surface area (Å²) in [5.41, 5.74) is 3.73. The predicted octanol–water partition coefficient (Wildman–Crippen LogP) is 6.98. The normalized spacial score (nSPS) is 13.1. The van der Waals surface area contributed by atoms with E-state index in [-0.39, 0.29) is 23.3 Å². The molecule has 0 aliphatic heterocycles. The van der Waals surface area contributed by atoms with Gasteiger partial charge in [-0.3, -0.25) is 9.59 Å². The molecule has 6 rings (SSSR count). The Kier molecular flexibility index (Phi) is 7.38. The number of carbonyl (C=O) groups excluding carboxylic acids is 1. The smallest absolute Gasteiger partial charge is 0.269 e. The predicted molar refractivity (Wildman–Crippen MR) is 163 cm³/mol. The molecule has 9 heteroatoms. The van der Waals surface area contributed by atoms with E-state index in [0.717, 1.165) is 58.4 Å². The quantitative estimate of drug-likeness (QED) is 0.155. The first-order valence-electron chi connectivity index (χ1n) is 13.1. The molecular weight excluding hydrogens is 545 g/mol. The van der Waals surface area contributed by atoms with Crippen molar-refractivity contribution in [1.29, 1.82) is 0 Å². The SMILES string of the molecule is CC(C)N(C(=O)CSc1nc2sc3c(c2c(=O)n1-c1nc(-c2ccccc2)cs1)CCCC3)c1ccccc1. The average molecular weight is 573 g/mol. The fourth-order valence-electron chi connectivity index (χ4n) is 5.07. The second kappa shape index (κ2) is 11.1. The molecule has 1 aliphatic carbocycles. The Morgan fingerprint density at radius 3 is 2.49 bits per heavy atom. The van der Waals surface area contributed by atoms with E-state index in [0.29, 0.717) is 10.3 Å². The van der Waals surface area contributed by atoms with Crippen LogP contribution in [-0.4, -0.2) is 32.2 Å². The summed E-state index contributed by atoms with van der Waals surface area (Å²) in [6.07, 6.45) is 4.13. The highest BCUT2D eigenvalue weighted by Gasteiger charge is 2.26. The van der Waals surface area contributed by atoms with Crippen molar-refractivity contribution in [2.45, 2.75) is 50.7 Å². The molecule has 0 N–H and O–H groups in total. The molecule has 6 nitrogen and oxygen atoms in total. The highest BCUT2D eigenvalue weighted by atomic mass is 32.2. The van der Waals surface area contributed by atoms with Gasteiger partial charge in [-0.25, -0.2) is 14.5 Å². The lowest BCUT2D eigenvalue weighted by Gasteiger charge is -2.26. The molecule has 5 aromatic rings. The number of benzene rings is 2. The van der Waals surface area contributed by atoms with Gasteiger partial charge in [0, 0.05) is 27.5 Å².